The maximum Gasteiger partial charge on any atom is 0.174 e. The molecule has 0 spiro atoms. The highest BCUT2D eigenvalue weighted by atomic mass is 127. The number of nitriles is 1. The highest BCUT2D eigenvalue weighted by Gasteiger charge is 2.41. The van der Waals surface area contributed by atoms with E-state index in [0.717, 1.165) is 14.8 Å². The van der Waals surface area contributed by atoms with E-state index in [4.69, 9.17) is 15.2 Å². The molecule has 1 unspecified atom stereocenters. The highest BCUT2D eigenvalue weighted by molar-refractivity contribution is 14.1. The molecule has 3 N–H and O–H groups in total. The lowest BCUT2D eigenvalue weighted by Crippen LogP contribution is -2.39. The van der Waals surface area contributed by atoms with Gasteiger partial charge in [0.1, 0.15) is 5.82 Å². The van der Waals surface area contributed by atoms with Gasteiger partial charge in [0, 0.05) is 17.7 Å². The molecule has 0 saturated heterocycles. The summed E-state index contributed by atoms with van der Waals surface area (Å²) in [5, 5.41) is 13.0. The molecule has 160 valence electrons. The zero-order valence-electron chi connectivity index (χ0n) is 18.1. The molecule has 1 atom stereocenters. The largest absolute Gasteiger partial charge is 0.490 e. The fourth-order valence-corrected chi connectivity index (χ4v) is 4.89. The second-order valence-electron chi connectivity index (χ2n) is 8.76. The Hall–Kier alpha value is -2.21. The summed E-state index contributed by atoms with van der Waals surface area (Å²) in [6.45, 7) is 10.4. The van der Waals surface area contributed by atoms with Crippen LogP contribution in [0.4, 0.5) is 0 Å². The number of benzene rings is 1. The first-order valence-electron chi connectivity index (χ1n) is 10.1. The van der Waals surface area contributed by atoms with Gasteiger partial charge in [0.15, 0.2) is 17.3 Å². The second-order valence-corrected chi connectivity index (χ2v) is 9.92. The summed E-state index contributed by atoms with van der Waals surface area (Å²) < 4.78 is 12.7. The Labute approximate surface area is 191 Å². The number of nitrogens with zero attached hydrogens (tertiary/aromatic N) is 1. The molecule has 0 saturated carbocycles. The third kappa shape index (κ3) is 4.29. The molecule has 3 rings (SSSR count). The van der Waals surface area contributed by atoms with Crippen molar-refractivity contribution < 1.29 is 14.3 Å². The first kappa shape index (κ1) is 22.5. The molecular formula is C23H28IN3O3. The van der Waals surface area contributed by atoms with Gasteiger partial charge in [-0.1, -0.05) is 13.8 Å². The Morgan fingerprint density at radius 2 is 2.07 bits per heavy atom. The molecule has 7 heteroatoms. The summed E-state index contributed by atoms with van der Waals surface area (Å²) in [5.41, 5.74) is 8.69. The van der Waals surface area contributed by atoms with Crippen molar-refractivity contribution in [2.24, 2.45) is 11.1 Å². The number of nitrogens with one attached hydrogen (secondary N) is 1. The Bertz CT molecular complexity index is 986. The standard InChI is InChI=1S/C23H28IN3O3/c1-6-29-18-8-13(7-15(24)21(18)30-12(2)3)19-14(11-25)22(26)27-16-9-23(4,5)10-17(28)20(16)19/h7-8,12,19,27H,6,9-10,26H2,1-5H3. The number of halogens is 1. The Morgan fingerprint density at radius 3 is 2.67 bits per heavy atom. The molecule has 0 amide bonds. The zero-order valence-corrected chi connectivity index (χ0v) is 20.2. The van der Waals surface area contributed by atoms with Crippen LogP contribution >= 0.6 is 22.6 Å². The van der Waals surface area contributed by atoms with Crippen molar-refractivity contribution in [1.29, 1.82) is 5.26 Å². The summed E-state index contributed by atoms with van der Waals surface area (Å²) in [6.07, 6.45) is 1.13. The number of ketones is 1. The second kappa shape index (κ2) is 8.50. The first-order valence-corrected chi connectivity index (χ1v) is 11.2. The number of carbonyl (C=O) groups excluding carboxylic acids is 1. The van der Waals surface area contributed by atoms with Crippen LogP contribution < -0.4 is 20.5 Å². The SMILES string of the molecule is CCOc1cc(C2C(C#N)=C(N)NC3=C2C(=O)CC(C)(C)C3)cc(I)c1OC(C)C. The van der Waals surface area contributed by atoms with Gasteiger partial charge >= 0.3 is 0 Å². The fourth-order valence-electron chi connectivity index (χ4n) is 4.14. The molecule has 1 aromatic rings. The van der Waals surface area contributed by atoms with Gasteiger partial charge in [-0.05, 0) is 72.9 Å². The summed E-state index contributed by atoms with van der Waals surface area (Å²) in [4.78, 5) is 13.2. The lowest BCUT2D eigenvalue weighted by atomic mass is 9.69. The van der Waals surface area contributed by atoms with Crippen molar-refractivity contribution in [2.45, 2.75) is 59.5 Å². The van der Waals surface area contributed by atoms with E-state index in [2.05, 4.69) is 47.8 Å². The van der Waals surface area contributed by atoms with Crippen LogP contribution in [-0.2, 0) is 4.79 Å². The van der Waals surface area contributed by atoms with Gasteiger partial charge in [-0.25, -0.2) is 0 Å². The molecule has 0 bridgehead atoms. The fraction of sp³-hybridized carbons (Fsp3) is 0.478. The number of rotatable bonds is 5. The van der Waals surface area contributed by atoms with E-state index in [9.17, 15) is 10.1 Å². The Kier molecular flexibility index (Phi) is 6.37. The van der Waals surface area contributed by atoms with Gasteiger partial charge in [0.25, 0.3) is 0 Å². The number of hydrogen-bond acceptors (Lipinski definition) is 6. The average Bonchev–Trinajstić information content (AvgIpc) is 2.62. The van der Waals surface area contributed by atoms with Gasteiger partial charge in [-0.2, -0.15) is 5.26 Å². The predicted octanol–water partition coefficient (Wildman–Crippen LogP) is 4.50. The number of carbonyl (C=O) groups is 1. The van der Waals surface area contributed by atoms with Gasteiger partial charge in [-0.15, -0.1) is 0 Å². The summed E-state index contributed by atoms with van der Waals surface area (Å²) >= 11 is 2.21. The molecule has 2 aliphatic rings. The van der Waals surface area contributed by atoms with Crippen molar-refractivity contribution >= 4 is 28.4 Å². The number of nitrogens with two attached hydrogens (primary N) is 1. The van der Waals surface area contributed by atoms with Gasteiger partial charge < -0.3 is 20.5 Å². The molecule has 0 aromatic heterocycles. The maximum absolute atomic E-state index is 13.2. The molecule has 30 heavy (non-hydrogen) atoms. The molecule has 1 heterocycles. The van der Waals surface area contributed by atoms with E-state index in [1.54, 1.807) is 0 Å². The van der Waals surface area contributed by atoms with Crippen molar-refractivity contribution in [3.63, 3.8) is 0 Å². The maximum atomic E-state index is 13.2. The van der Waals surface area contributed by atoms with Crippen molar-refractivity contribution in [1.82, 2.24) is 5.32 Å². The minimum Gasteiger partial charge on any atom is -0.490 e. The molecule has 1 aliphatic heterocycles. The van der Waals surface area contributed by atoms with Crippen LogP contribution in [0.3, 0.4) is 0 Å². The zero-order chi connectivity index (χ0) is 22.2. The number of allylic oxidation sites excluding steroid dienone is 3. The van der Waals surface area contributed by atoms with Gasteiger partial charge in [0.05, 0.1) is 33.8 Å². The normalized spacial score (nSPS) is 20.6. The lowest BCUT2D eigenvalue weighted by Gasteiger charge is -2.38. The summed E-state index contributed by atoms with van der Waals surface area (Å²) in [5.74, 6) is 1.12. The number of hydrogen-bond donors (Lipinski definition) is 2. The van der Waals surface area contributed by atoms with Crippen LogP contribution in [-0.4, -0.2) is 18.5 Å². The smallest absolute Gasteiger partial charge is 0.174 e. The van der Waals surface area contributed by atoms with E-state index in [0.29, 0.717) is 47.9 Å². The van der Waals surface area contributed by atoms with Crippen LogP contribution in [0, 0.1) is 20.3 Å². The quantitative estimate of drug-likeness (QED) is 0.554. The molecular weight excluding hydrogens is 493 g/mol. The van der Waals surface area contributed by atoms with Gasteiger partial charge in [0.2, 0.25) is 0 Å². The monoisotopic (exact) mass is 521 g/mol. The summed E-state index contributed by atoms with van der Waals surface area (Å²) in [6, 6.07) is 6.06. The Morgan fingerprint density at radius 1 is 1.37 bits per heavy atom. The predicted molar refractivity (Wildman–Crippen MR) is 124 cm³/mol. The van der Waals surface area contributed by atoms with Gasteiger partial charge in [-0.3, -0.25) is 4.79 Å². The third-order valence-electron chi connectivity index (χ3n) is 5.21. The molecule has 6 nitrogen and oxygen atoms in total. The highest BCUT2D eigenvalue weighted by Crippen LogP contribution is 2.47. The topological polar surface area (TPSA) is 97.4 Å². The van der Waals surface area contributed by atoms with Crippen LogP contribution in [0.25, 0.3) is 0 Å². The van der Waals surface area contributed by atoms with Crippen LogP contribution in [0.2, 0.25) is 0 Å². The van der Waals surface area contributed by atoms with Crippen LogP contribution in [0.5, 0.6) is 11.5 Å². The number of ether oxygens (including phenoxy) is 2. The molecule has 0 radical (unpaired) electrons. The number of dihydropyridines is 1. The lowest BCUT2D eigenvalue weighted by molar-refractivity contribution is -0.118. The van der Waals surface area contributed by atoms with Crippen LogP contribution in [0.1, 0.15) is 58.9 Å². The Balaban J connectivity index is 2.20. The molecule has 0 fully saturated rings. The molecule has 1 aromatic carbocycles. The average molecular weight is 521 g/mol. The first-order chi connectivity index (χ1) is 14.1. The number of Topliss-reactive ketones (excluding diaryl/α,β-unsaturated/α-hetero) is 1. The van der Waals surface area contributed by atoms with E-state index in [1.807, 2.05) is 32.9 Å². The van der Waals surface area contributed by atoms with E-state index in [1.165, 1.54) is 0 Å². The van der Waals surface area contributed by atoms with E-state index < -0.39 is 5.92 Å². The van der Waals surface area contributed by atoms with Crippen molar-refractivity contribution in [3.05, 3.63) is 43.9 Å². The summed E-state index contributed by atoms with van der Waals surface area (Å²) in [7, 11) is 0. The third-order valence-corrected chi connectivity index (χ3v) is 6.01. The van der Waals surface area contributed by atoms with E-state index >= 15 is 0 Å². The van der Waals surface area contributed by atoms with E-state index in [-0.39, 0.29) is 17.3 Å². The van der Waals surface area contributed by atoms with Crippen molar-refractivity contribution in [2.75, 3.05) is 6.61 Å². The van der Waals surface area contributed by atoms with Crippen molar-refractivity contribution in [3.8, 4) is 17.6 Å². The minimum absolute atomic E-state index is 0.0101. The minimum atomic E-state index is -0.518. The molecule has 1 aliphatic carbocycles. The van der Waals surface area contributed by atoms with Crippen LogP contribution in [0.15, 0.2) is 34.8 Å².